The summed E-state index contributed by atoms with van der Waals surface area (Å²) in [6.07, 6.45) is 0.0432. The standard InChI is InChI=1S/C17H20O7S/c1-4-15(25)24-9-23-14(18)8-22-17-12-7-21-10(2)16(19)11(12)5-6-13(17)20-3/h5-6,10H,4,7-9H2,1-3H3. The third-order valence-corrected chi connectivity index (χ3v) is 4.03. The van der Waals surface area contributed by atoms with Crippen molar-refractivity contribution in [3.8, 4) is 11.5 Å². The molecule has 0 fully saturated rings. The average Bonchev–Trinajstić information content (AvgIpc) is 2.62. The third kappa shape index (κ3) is 4.67. The Morgan fingerprint density at radius 2 is 2.12 bits per heavy atom. The minimum absolute atomic E-state index is 0.141. The quantitative estimate of drug-likeness (QED) is 0.412. The molecule has 0 N–H and O–H groups in total. The Balaban J connectivity index is 2.05. The van der Waals surface area contributed by atoms with Crippen LogP contribution in [-0.4, -0.2) is 43.4 Å². The van der Waals surface area contributed by atoms with Crippen LogP contribution in [-0.2, 0) is 25.6 Å². The van der Waals surface area contributed by atoms with E-state index >= 15 is 0 Å². The van der Waals surface area contributed by atoms with E-state index in [2.05, 4.69) is 0 Å². The molecule has 1 aliphatic rings. The number of ether oxygens (including phenoxy) is 5. The molecule has 1 aromatic carbocycles. The molecule has 0 radical (unpaired) electrons. The van der Waals surface area contributed by atoms with Gasteiger partial charge in [-0.05, 0) is 31.3 Å². The van der Waals surface area contributed by atoms with Gasteiger partial charge in [-0.2, -0.15) is 0 Å². The van der Waals surface area contributed by atoms with Crippen LogP contribution in [0, 0.1) is 0 Å². The molecule has 0 amide bonds. The molecule has 7 nitrogen and oxygen atoms in total. The molecule has 1 atom stereocenters. The first kappa shape index (κ1) is 19.1. The first-order valence-electron chi connectivity index (χ1n) is 7.77. The monoisotopic (exact) mass is 368 g/mol. The number of hydrogen-bond donors (Lipinski definition) is 0. The van der Waals surface area contributed by atoms with E-state index in [-0.39, 0.29) is 25.8 Å². The van der Waals surface area contributed by atoms with Crippen molar-refractivity contribution in [2.45, 2.75) is 33.0 Å². The van der Waals surface area contributed by atoms with Gasteiger partial charge < -0.3 is 23.7 Å². The second-order valence-corrected chi connectivity index (χ2v) is 5.69. The lowest BCUT2D eigenvalue weighted by Crippen LogP contribution is -2.28. The van der Waals surface area contributed by atoms with E-state index in [0.29, 0.717) is 34.1 Å². The number of hydrogen-bond acceptors (Lipinski definition) is 8. The zero-order valence-electron chi connectivity index (χ0n) is 14.3. The Labute approximate surface area is 151 Å². The van der Waals surface area contributed by atoms with Gasteiger partial charge in [0.1, 0.15) is 6.10 Å². The van der Waals surface area contributed by atoms with Gasteiger partial charge in [-0.3, -0.25) is 4.79 Å². The van der Waals surface area contributed by atoms with Crippen LogP contribution >= 0.6 is 12.2 Å². The minimum Gasteiger partial charge on any atom is -0.493 e. The van der Waals surface area contributed by atoms with Crippen molar-refractivity contribution in [1.29, 1.82) is 0 Å². The van der Waals surface area contributed by atoms with Crippen molar-refractivity contribution in [2.24, 2.45) is 0 Å². The summed E-state index contributed by atoms with van der Waals surface area (Å²) < 4.78 is 26.1. The molecule has 0 aromatic heterocycles. The second-order valence-electron chi connectivity index (χ2n) is 5.23. The fourth-order valence-electron chi connectivity index (χ4n) is 2.24. The van der Waals surface area contributed by atoms with E-state index in [1.165, 1.54) is 7.11 Å². The number of rotatable bonds is 7. The molecule has 0 bridgehead atoms. The third-order valence-electron chi connectivity index (χ3n) is 3.62. The summed E-state index contributed by atoms with van der Waals surface area (Å²) in [6, 6.07) is 3.29. The maximum atomic E-state index is 12.2. The second kappa shape index (κ2) is 8.77. The van der Waals surface area contributed by atoms with E-state index in [1.807, 2.05) is 6.92 Å². The van der Waals surface area contributed by atoms with Crippen LogP contribution in [0.5, 0.6) is 11.5 Å². The van der Waals surface area contributed by atoms with Crippen LogP contribution in [0.4, 0.5) is 0 Å². The van der Waals surface area contributed by atoms with Gasteiger partial charge in [-0.25, -0.2) is 4.79 Å². The molecule has 1 unspecified atom stereocenters. The van der Waals surface area contributed by atoms with E-state index in [0.717, 1.165) is 0 Å². The summed E-state index contributed by atoms with van der Waals surface area (Å²) >= 11 is 4.86. The highest BCUT2D eigenvalue weighted by molar-refractivity contribution is 7.80. The van der Waals surface area contributed by atoms with Crippen molar-refractivity contribution in [2.75, 3.05) is 20.5 Å². The van der Waals surface area contributed by atoms with Crippen LogP contribution in [0.3, 0.4) is 0 Å². The molecule has 1 aromatic rings. The number of methoxy groups -OCH3 is 1. The summed E-state index contributed by atoms with van der Waals surface area (Å²) in [5.74, 6) is -0.0732. The highest BCUT2D eigenvalue weighted by Crippen LogP contribution is 2.37. The van der Waals surface area contributed by atoms with E-state index in [9.17, 15) is 9.59 Å². The van der Waals surface area contributed by atoms with Crippen LogP contribution in [0.2, 0.25) is 0 Å². The molecule has 0 spiro atoms. The van der Waals surface area contributed by atoms with Crippen molar-refractivity contribution < 1.29 is 33.3 Å². The number of carbonyl (C=O) groups is 2. The van der Waals surface area contributed by atoms with Crippen molar-refractivity contribution in [1.82, 2.24) is 0 Å². The molecule has 25 heavy (non-hydrogen) atoms. The maximum absolute atomic E-state index is 12.2. The average molecular weight is 368 g/mol. The molecular weight excluding hydrogens is 348 g/mol. The van der Waals surface area contributed by atoms with Gasteiger partial charge in [0.05, 0.1) is 13.7 Å². The SMILES string of the molecule is CCC(=S)OCOC(=O)COc1c(OC)ccc2c1COC(C)C2=O. The number of Topliss-reactive ketones (excluding diaryl/α,β-unsaturated/α-hetero) is 1. The normalized spacial score (nSPS) is 16.0. The predicted molar refractivity (Wildman–Crippen MR) is 92.0 cm³/mol. The van der Waals surface area contributed by atoms with Crippen LogP contribution in [0.25, 0.3) is 0 Å². The molecule has 0 saturated carbocycles. The first-order chi connectivity index (χ1) is 12.0. The fourth-order valence-corrected chi connectivity index (χ4v) is 2.29. The number of ketones is 1. The lowest BCUT2D eigenvalue weighted by Gasteiger charge is -2.24. The van der Waals surface area contributed by atoms with Crippen molar-refractivity contribution in [3.05, 3.63) is 23.3 Å². The molecular formula is C17H20O7S. The largest absolute Gasteiger partial charge is 0.493 e. The molecule has 8 heteroatoms. The van der Waals surface area contributed by atoms with Gasteiger partial charge in [-0.15, -0.1) is 0 Å². The Morgan fingerprint density at radius 3 is 2.80 bits per heavy atom. The highest BCUT2D eigenvalue weighted by atomic mass is 32.1. The van der Waals surface area contributed by atoms with Gasteiger partial charge >= 0.3 is 5.97 Å². The molecule has 1 heterocycles. The molecule has 1 aliphatic heterocycles. The van der Waals surface area contributed by atoms with Gasteiger partial charge in [0.25, 0.3) is 0 Å². The maximum Gasteiger partial charge on any atom is 0.347 e. The lowest BCUT2D eigenvalue weighted by atomic mass is 9.97. The number of fused-ring (bicyclic) bond motifs is 1. The fraction of sp³-hybridized carbons (Fsp3) is 0.471. The van der Waals surface area contributed by atoms with Crippen LogP contribution in [0.15, 0.2) is 12.1 Å². The Hall–Kier alpha value is -2.19. The van der Waals surface area contributed by atoms with E-state index < -0.39 is 12.1 Å². The van der Waals surface area contributed by atoms with E-state index in [1.54, 1.807) is 19.1 Å². The number of thiocarbonyl (C=S) groups is 1. The summed E-state index contributed by atoms with van der Waals surface area (Å²) in [6.45, 7) is 3.09. The smallest absolute Gasteiger partial charge is 0.347 e. The van der Waals surface area contributed by atoms with Gasteiger partial charge in [0.2, 0.25) is 6.79 Å². The Kier molecular flexibility index (Phi) is 6.72. The van der Waals surface area contributed by atoms with Gasteiger partial charge in [-0.1, -0.05) is 6.92 Å². The van der Waals surface area contributed by atoms with E-state index in [4.69, 9.17) is 35.9 Å². The predicted octanol–water partition coefficient (Wildman–Crippen LogP) is 2.43. The topological polar surface area (TPSA) is 80.3 Å². The summed E-state index contributed by atoms with van der Waals surface area (Å²) in [5, 5.41) is 0.359. The summed E-state index contributed by atoms with van der Waals surface area (Å²) in [7, 11) is 1.47. The number of benzene rings is 1. The van der Waals surface area contributed by atoms with Gasteiger partial charge in [0.15, 0.2) is 28.9 Å². The Morgan fingerprint density at radius 1 is 1.36 bits per heavy atom. The molecule has 2 rings (SSSR count). The van der Waals surface area contributed by atoms with Crippen molar-refractivity contribution in [3.63, 3.8) is 0 Å². The number of carbonyl (C=O) groups excluding carboxylic acids is 2. The molecule has 136 valence electrons. The van der Waals surface area contributed by atoms with Crippen molar-refractivity contribution >= 4 is 29.0 Å². The van der Waals surface area contributed by atoms with Crippen LogP contribution in [0.1, 0.15) is 36.2 Å². The Bertz CT molecular complexity index is 671. The highest BCUT2D eigenvalue weighted by Gasteiger charge is 2.29. The lowest BCUT2D eigenvalue weighted by molar-refractivity contribution is -0.153. The van der Waals surface area contributed by atoms with Crippen LogP contribution < -0.4 is 9.47 Å². The number of esters is 1. The summed E-state index contributed by atoms with van der Waals surface area (Å²) in [5.41, 5.74) is 1.05. The first-order valence-corrected chi connectivity index (χ1v) is 8.18. The molecule has 0 aliphatic carbocycles. The zero-order chi connectivity index (χ0) is 18.4. The zero-order valence-corrected chi connectivity index (χ0v) is 15.1. The molecule has 0 saturated heterocycles. The summed E-state index contributed by atoms with van der Waals surface area (Å²) in [4.78, 5) is 24.0. The van der Waals surface area contributed by atoms with Gasteiger partial charge in [0, 0.05) is 17.5 Å². The minimum atomic E-state index is -0.630.